The molecule has 0 radical (unpaired) electrons. The molecule has 4 aromatic carbocycles. The van der Waals surface area contributed by atoms with Gasteiger partial charge in [-0.15, -0.1) is 0 Å². The second kappa shape index (κ2) is 16.5. The van der Waals surface area contributed by atoms with E-state index >= 15 is 0 Å². The van der Waals surface area contributed by atoms with Crippen LogP contribution in [0.2, 0.25) is 0 Å². The molecule has 1 N–H and O–H groups in total. The zero-order chi connectivity index (χ0) is 45.0. The number of fused-ring (bicyclic) bond motifs is 5. The van der Waals surface area contributed by atoms with Gasteiger partial charge in [0.1, 0.15) is 23.8 Å². The van der Waals surface area contributed by atoms with E-state index in [2.05, 4.69) is 4.98 Å². The molecule has 1 fully saturated rings. The number of benzene rings is 4. The van der Waals surface area contributed by atoms with Crippen molar-refractivity contribution in [2.45, 2.75) is 77.4 Å². The summed E-state index contributed by atoms with van der Waals surface area (Å²) in [6.45, 7) is 5.00. The van der Waals surface area contributed by atoms with Crippen molar-refractivity contribution in [3.63, 3.8) is 0 Å². The lowest BCUT2D eigenvalue weighted by atomic mass is 10.0. The van der Waals surface area contributed by atoms with Gasteiger partial charge >= 0.3 is 18.3 Å². The second-order valence-corrected chi connectivity index (χ2v) is 16.8. The number of rotatable bonds is 9. The average molecular weight is 876 g/mol. The Morgan fingerprint density at radius 2 is 1.25 bits per heavy atom. The highest BCUT2D eigenvalue weighted by Gasteiger charge is 2.61. The number of pyridine rings is 1. The van der Waals surface area contributed by atoms with Gasteiger partial charge in [0.2, 0.25) is 5.88 Å². The topological polar surface area (TPSA) is 78.5 Å². The molecule has 0 aliphatic heterocycles. The van der Waals surface area contributed by atoms with Gasteiger partial charge in [-0.05, 0) is 104 Å². The number of hydrogen-bond donors (Lipinski definition) is 1. The summed E-state index contributed by atoms with van der Waals surface area (Å²) in [6.07, 6.45) is -3.18. The molecule has 7 aromatic rings. The molecule has 0 amide bonds. The van der Waals surface area contributed by atoms with Crippen molar-refractivity contribution in [2.75, 3.05) is 0 Å². The maximum atomic E-state index is 14.9. The van der Waals surface area contributed by atoms with E-state index < -0.39 is 47.3 Å². The quantitative estimate of drug-likeness (QED) is 0.115. The first-order valence-corrected chi connectivity index (χ1v) is 20.1. The van der Waals surface area contributed by atoms with Crippen molar-refractivity contribution >= 4 is 27.8 Å². The van der Waals surface area contributed by atoms with E-state index in [0.29, 0.717) is 27.7 Å². The molecule has 0 bridgehead atoms. The van der Waals surface area contributed by atoms with Crippen molar-refractivity contribution < 1.29 is 54.5 Å². The lowest BCUT2D eigenvalue weighted by Gasteiger charge is -2.20. The fourth-order valence-electron chi connectivity index (χ4n) is 8.44. The van der Waals surface area contributed by atoms with Crippen LogP contribution in [0.25, 0.3) is 21.8 Å². The number of aliphatic hydroxyl groups excluding tert-OH is 1. The van der Waals surface area contributed by atoms with Crippen LogP contribution in [0.1, 0.15) is 71.2 Å². The molecule has 0 spiro atoms. The molecule has 9 rings (SSSR count). The monoisotopic (exact) mass is 875 g/mol. The number of esters is 1. The Kier molecular flexibility index (Phi) is 11.4. The number of aliphatic hydroxyl groups is 1. The van der Waals surface area contributed by atoms with E-state index in [9.17, 15) is 39.9 Å². The molecule has 15 heteroatoms. The van der Waals surface area contributed by atoms with Gasteiger partial charge in [0, 0.05) is 76.6 Å². The van der Waals surface area contributed by atoms with Crippen LogP contribution in [0.15, 0.2) is 110 Å². The highest BCUT2D eigenvalue weighted by atomic mass is 19.4. The van der Waals surface area contributed by atoms with Crippen molar-refractivity contribution in [3.8, 4) is 5.88 Å². The second-order valence-electron chi connectivity index (χ2n) is 16.8. The predicted octanol–water partition coefficient (Wildman–Crippen LogP) is 11.4. The summed E-state index contributed by atoms with van der Waals surface area (Å²) in [6, 6.07) is 21.6. The molecule has 3 aromatic heterocycles. The fraction of sp³-hybridized carbons (Fsp3) is 0.292. The zero-order valence-corrected chi connectivity index (χ0v) is 34.2. The van der Waals surface area contributed by atoms with E-state index in [1.807, 2.05) is 26.8 Å². The molecule has 1 saturated carbocycles. The molecular formula is C48H41F8N3O4. The van der Waals surface area contributed by atoms with Crippen molar-refractivity contribution in [3.05, 3.63) is 166 Å². The maximum Gasteiger partial charge on any atom is 0.416 e. The summed E-state index contributed by atoms with van der Waals surface area (Å²) < 4.78 is 123. The largest absolute Gasteiger partial charge is 0.473 e. The maximum absolute atomic E-state index is 14.9. The lowest BCUT2D eigenvalue weighted by Crippen LogP contribution is -2.26. The van der Waals surface area contributed by atoms with Gasteiger partial charge in [-0.1, -0.05) is 36.4 Å². The SMILES string of the molecule is CC(C)(C)OC(=O)[C@H]1[C@@H]2Cc3cc(OCc4cc5c(ccn5Cc5ccccc5C(F)(F)F)cc4F)ncc3[C@@H]21.OCc1cc2c(ccn2Cc2ccccc2C(F)(F)F)cc1F. The van der Waals surface area contributed by atoms with Crippen LogP contribution in [0, 0.1) is 23.5 Å². The smallest absolute Gasteiger partial charge is 0.416 e. The highest BCUT2D eigenvalue weighted by Crippen LogP contribution is 2.62. The molecule has 0 unspecified atom stereocenters. The molecule has 3 heterocycles. The number of halogens is 8. The van der Waals surface area contributed by atoms with Crippen LogP contribution in [0.4, 0.5) is 35.1 Å². The van der Waals surface area contributed by atoms with Gasteiger partial charge in [-0.25, -0.2) is 13.8 Å². The molecule has 63 heavy (non-hydrogen) atoms. The first kappa shape index (κ1) is 43.4. The standard InChI is InChI=1S/C31H28F4N2O3.C17H13F4NO/c1-30(2,3)40-29(38)28-21-10-19-13-26(36-14-22(19)27(21)28)39-16-20-12-25-17(11-24(20)32)8-9-37(25)15-18-6-4-5-7-23(18)31(33,34)35;18-15-7-11-5-6-22(16(11)8-13(15)10-23)9-12-3-1-2-4-14(12)17(19,20)21/h4-9,11-14,21,27-28H,10,15-16H2,1-3H3;1-8,23H,9-10H2/t21-,27-,28+;/m1./s1. The molecule has 328 valence electrons. The Morgan fingerprint density at radius 1 is 0.730 bits per heavy atom. The summed E-state index contributed by atoms with van der Waals surface area (Å²) in [4.78, 5) is 16.9. The van der Waals surface area contributed by atoms with Crippen molar-refractivity contribution in [1.82, 2.24) is 14.1 Å². The Bertz CT molecular complexity index is 2840. The summed E-state index contributed by atoms with van der Waals surface area (Å²) >= 11 is 0. The van der Waals surface area contributed by atoms with Gasteiger partial charge < -0.3 is 23.7 Å². The number of hydrogen-bond acceptors (Lipinski definition) is 5. The van der Waals surface area contributed by atoms with Gasteiger partial charge in [-0.3, -0.25) is 4.79 Å². The molecule has 2 aliphatic carbocycles. The van der Waals surface area contributed by atoms with Gasteiger partial charge in [0.15, 0.2) is 0 Å². The van der Waals surface area contributed by atoms with Crippen molar-refractivity contribution in [1.29, 1.82) is 0 Å². The molecule has 0 saturated heterocycles. The zero-order valence-electron chi connectivity index (χ0n) is 34.2. The highest BCUT2D eigenvalue weighted by molar-refractivity contribution is 5.82. The summed E-state index contributed by atoms with van der Waals surface area (Å²) in [5.41, 5.74) is 2.00. The summed E-state index contributed by atoms with van der Waals surface area (Å²) in [5.74, 6) is -0.648. The Hall–Kier alpha value is -6.22. The third-order valence-electron chi connectivity index (χ3n) is 11.4. The number of ether oxygens (including phenoxy) is 2. The van der Waals surface area contributed by atoms with Crippen LogP contribution in [-0.2, 0) is 54.6 Å². The fourth-order valence-corrected chi connectivity index (χ4v) is 8.44. The number of alkyl halides is 6. The van der Waals surface area contributed by atoms with Gasteiger partial charge in [0.25, 0.3) is 0 Å². The summed E-state index contributed by atoms with van der Waals surface area (Å²) in [7, 11) is 0. The molecule has 7 nitrogen and oxygen atoms in total. The van der Waals surface area contributed by atoms with Gasteiger partial charge in [-0.2, -0.15) is 26.3 Å². The minimum Gasteiger partial charge on any atom is -0.473 e. The first-order valence-electron chi connectivity index (χ1n) is 20.1. The van der Waals surface area contributed by atoms with Crippen LogP contribution in [-0.4, -0.2) is 30.8 Å². The normalized spacial score (nSPS) is 17.0. The van der Waals surface area contributed by atoms with E-state index in [0.717, 1.165) is 29.7 Å². The van der Waals surface area contributed by atoms with E-state index in [1.165, 1.54) is 42.5 Å². The molecule has 3 atom stereocenters. The summed E-state index contributed by atoms with van der Waals surface area (Å²) in [5, 5.41) is 10.3. The average Bonchev–Trinajstić information content (AvgIpc) is 3.41. The Labute approximate surface area is 356 Å². The van der Waals surface area contributed by atoms with Gasteiger partial charge in [0.05, 0.1) is 23.7 Å². The predicted molar refractivity (Wildman–Crippen MR) is 219 cm³/mol. The van der Waals surface area contributed by atoms with E-state index in [4.69, 9.17) is 14.6 Å². The van der Waals surface area contributed by atoms with Crippen LogP contribution >= 0.6 is 0 Å². The number of carbonyl (C=O) groups is 1. The number of nitrogens with zero attached hydrogens (tertiary/aromatic N) is 3. The van der Waals surface area contributed by atoms with Crippen LogP contribution in [0.3, 0.4) is 0 Å². The van der Waals surface area contributed by atoms with Crippen LogP contribution < -0.4 is 4.74 Å². The third kappa shape index (κ3) is 9.15. The Morgan fingerprint density at radius 3 is 1.78 bits per heavy atom. The number of aromatic nitrogens is 3. The molecule has 2 aliphatic rings. The minimum atomic E-state index is -4.47. The van der Waals surface area contributed by atoms with Crippen molar-refractivity contribution in [2.24, 2.45) is 11.8 Å². The Balaban J connectivity index is 0.000000201. The lowest BCUT2D eigenvalue weighted by molar-refractivity contribution is -0.157. The molecular weight excluding hydrogens is 835 g/mol. The first-order chi connectivity index (χ1) is 29.8. The number of carbonyl (C=O) groups excluding carboxylic acids is 1. The van der Waals surface area contributed by atoms with E-state index in [1.54, 1.807) is 58.1 Å². The minimum absolute atomic E-state index is 0.00961. The van der Waals surface area contributed by atoms with Crippen LogP contribution in [0.5, 0.6) is 5.88 Å². The van der Waals surface area contributed by atoms with E-state index in [-0.39, 0.29) is 65.7 Å². The third-order valence-corrected chi connectivity index (χ3v) is 11.4.